The molecule has 1 aliphatic carbocycles. The standard InChI is InChI=1S/C47H35N/c1-47(2)45-26-12-11-25-40(45)44-30-42-41(29-35-17-9-10-24-39(35)43(42)31-46(44)47)34-19-14-23-38(28-34)48(36-20-7-4-8-21-36)37-22-13-18-33(27-37)32-15-5-3-6-16-32/h3-31H,1-2H3. The van der Waals surface area contributed by atoms with Crippen molar-refractivity contribution in [1.82, 2.24) is 0 Å². The molecule has 0 heterocycles. The Labute approximate surface area is 282 Å². The first-order valence-corrected chi connectivity index (χ1v) is 16.8. The van der Waals surface area contributed by atoms with E-state index in [-0.39, 0.29) is 5.41 Å². The van der Waals surface area contributed by atoms with Crippen LogP contribution in [0.5, 0.6) is 0 Å². The van der Waals surface area contributed by atoms with E-state index in [1.165, 1.54) is 66.1 Å². The Morgan fingerprint density at radius 3 is 1.75 bits per heavy atom. The summed E-state index contributed by atoms with van der Waals surface area (Å²) in [5.74, 6) is 0. The molecule has 8 aromatic carbocycles. The second kappa shape index (κ2) is 11.1. The summed E-state index contributed by atoms with van der Waals surface area (Å²) in [7, 11) is 0. The molecule has 0 radical (unpaired) electrons. The highest BCUT2D eigenvalue weighted by Crippen LogP contribution is 2.51. The van der Waals surface area contributed by atoms with Crippen LogP contribution in [0.1, 0.15) is 25.0 Å². The maximum atomic E-state index is 2.48. The molecule has 0 aliphatic heterocycles. The van der Waals surface area contributed by atoms with Crippen LogP contribution in [0.3, 0.4) is 0 Å². The van der Waals surface area contributed by atoms with Crippen molar-refractivity contribution in [3.05, 3.63) is 187 Å². The van der Waals surface area contributed by atoms with Crippen molar-refractivity contribution < 1.29 is 0 Å². The molecule has 48 heavy (non-hydrogen) atoms. The molecule has 0 amide bonds. The topological polar surface area (TPSA) is 3.24 Å². The average molecular weight is 614 g/mol. The summed E-state index contributed by atoms with van der Waals surface area (Å²) in [6, 6.07) is 64.3. The number of para-hydroxylation sites is 1. The van der Waals surface area contributed by atoms with Crippen LogP contribution in [0, 0.1) is 0 Å². The van der Waals surface area contributed by atoms with Crippen LogP contribution in [0.2, 0.25) is 0 Å². The van der Waals surface area contributed by atoms with Crippen LogP contribution < -0.4 is 4.90 Å². The number of hydrogen-bond donors (Lipinski definition) is 0. The van der Waals surface area contributed by atoms with Crippen molar-refractivity contribution in [3.63, 3.8) is 0 Å². The summed E-state index contributed by atoms with van der Waals surface area (Å²) in [6.07, 6.45) is 0. The van der Waals surface area contributed by atoms with Crippen molar-refractivity contribution in [3.8, 4) is 33.4 Å². The number of fused-ring (bicyclic) bond motifs is 6. The van der Waals surface area contributed by atoms with Crippen LogP contribution in [0.15, 0.2) is 176 Å². The minimum absolute atomic E-state index is 0.0540. The number of anilines is 3. The van der Waals surface area contributed by atoms with Gasteiger partial charge < -0.3 is 4.90 Å². The van der Waals surface area contributed by atoms with Crippen molar-refractivity contribution in [2.45, 2.75) is 19.3 Å². The van der Waals surface area contributed by atoms with E-state index in [0.29, 0.717) is 0 Å². The Kier molecular flexibility index (Phi) is 6.55. The molecular weight excluding hydrogens is 579 g/mol. The zero-order valence-electron chi connectivity index (χ0n) is 27.2. The van der Waals surface area contributed by atoms with E-state index in [4.69, 9.17) is 0 Å². The molecule has 0 atom stereocenters. The van der Waals surface area contributed by atoms with Gasteiger partial charge in [-0.1, -0.05) is 135 Å². The molecule has 0 N–H and O–H groups in total. The Morgan fingerprint density at radius 1 is 0.354 bits per heavy atom. The van der Waals surface area contributed by atoms with Gasteiger partial charge in [0.05, 0.1) is 0 Å². The predicted octanol–water partition coefficient (Wildman–Crippen LogP) is 13.1. The molecule has 0 aromatic heterocycles. The van der Waals surface area contributed by atoms with E-state index in [1.54, 1.807) is 0 Å². The first kappa shape index (κ1) is 28.3. The molecular formula is C47H35N. The fourth-order valence-corrected chi connectivity index (χ4v) is 7.83. The summed E-state index contributed by atoms with van der Waals surface area (Å²) < 4.78 is 0. The lowest BCUT2D eigenvalue weighted by molar-refractivity contribution is 0.661. The summed E-state index contributed by atoms with van der Waals surface area (Å²) >= 11 is 0. The average Bonchev–Trinajstić information content (AvgIpc) is 3.37. The Hall–Kier alpha value is -5.92. The first-order chi connectivity index (χ1) is 23.6. The molecule has 0 saturated heterocycles. The SMILES string of the molecule is CC1(C)c2ccccc2-c2cc3c(-c4cccc(N(c5ccccc5)c5cccc(-c6ccccc6)c5)c4)cc4ccccc4c3cc21. The van der Waals surface area contributed by atoms with Gasteiger partial charge in [-0.15, -0.1) is 0 Å². The van der Waals surface area contributed by atoms with Crippen molar-refractivity contribution in [2.24, 2.45) is 0 Å². The smallest absolute Gasteiger partial charge is 0.0467 e. The maximum Gasteiger partial charge on any atom is 0.0467 e. The Balaban J connectivity index is 1.26. The van der Waals surface area contributed by atoms with Crippen LogP contribution in [0.4, 0.5) is 17.1 Å². The van der Waals surface area contributed by atoms with Gasteiger partial charge >= 0.3 is 0 Å². The molecule has 0 unspecified atom stereocenters. The van der Waals surface area contributed by atoms with Gasteiger partial charge in [0.2, 0.25) is 0 Å². The van der Waals surface area contributed by atoms with Crippen molar-refractivity contribution in [2.75, 3.05) is 4.90 Å². The van der Waals surface area contributed by atoms with Crippen LogP contribution in [-0.4, -0.2) is 0 Å². The van der Waals surface area contributed by atoms with E-state index in [9.17, 15) is 0 Å². The maximum absolute atomic E-state index is 2.48. The minimum atomic E-state index is -0.0540. The van der Waals surface area contributed by atoms with E-state index >= 15 is 0 Å². The summed E-state index contributed by atoms with van der Waals surface area (Å²) in [5.41, 5.74) is 13.7. The lowest BCUT2D eigenvalue weighted by atomic mass is 9.81. The van der Waals surface area contributed by atoms with Crippen LogP contribution >= 0.6 is 0 Å². The van der Waals surface area contributed by atoms with E-state index in [2.05, 4.69) is 195 Å². The van der Waals surface area contributed by atoms with Gasteiger partial charge in [0.25, 0.3) is 0 Å². The highest BCUT2D eigenvalue weighted by molar-refractivity contribution is 6.15. The van der Waals surface area contributed by atoms with Gasteiger partial charge in [-0.05, 0) is 121 Å². The van der Waals surface area contributed by atoms with Crippen LogP contribution in [-0.2, 0) is 5.41 Å². The number of nitrogens with zero attached hydrogens (tertiary/aromatic N) is 1. The quantitative estimate of drug-likeness (QED) is 0.175. The molecule has 0 fully saturated rings. The third-order valence-electron chi connectivity index (χ3n) is 10.2. The van der Waals surface area contributed by atoms with E-state index < -0.39 is 0 Å². The zero-order valence-corrected chi connectivity index (χ0v) is 27.2. The molecule has 8 aromatic rings. The molecule has 0 spiro atoms. The van der Waals surface area contributed by atoms with Gasteiger partial charge in [0, 0.05) is 22.5 Å². The normalized spacial score (nSPS) is 13.0. The van der Waals surface area contributed by atoms with Gasteiger partial charge in [-0.3, -0.25) is 0 Å². The number of hydrogen-bond acceptors (Lipinski definition) is 1. The molecule has 1 nitrogen and oxygen atoms in total. The second-order valence-electron chi connectivity index (χ2n) is 13.4. The lowest BCUT2D eigenvalue weighted by Crippen LogP contribution is -2.14. The highest BCUT2D eigenvalue weighted by atomic mass is 15.1. The predicted molar refractivity (Wildman–Crippen MR) is 205 cm³/mol. The molecule has 0 bridgehead atoms. The molecule has 228 valence electrons. The zero-order chi connectivity index (χ0) is 32.2. The largest absolute Gasteiger partial charge is 0.310 e. The Morgan fingerprint density at radius 2 is 0.958 bits per heavy atom. The van der Waals surface area contributed by atoms with E-state index in [0.717, 1.165) is 17.1 Å². The van der Waals surface area contributed by atoms with Crippen molar-refractivity contribution in [1.29, 1.82) is 0 Å². The van der Waals surface area contributed by atoms with E-state index in [1.807, 2.05) is 0 Å². The third kappa shape index (κ3) is 4.54. The Bertz CT molecular complexity index is 2470. The summed E-state index contributed by atoms with van der Waals surface area (Å²) in [6.45, 7) is 4.73. The summed E-state index contributed by atoms with van der Waals surface area (Å²) in [4.78, 5) is 2.37. The fourth-order valence-electron chi connectivity index (χ4n) is 7.83. The number of rotatable bonds is 5. The fraction of sp³-hybridized carbons (Fsp3) is 0.0638. The van der Waals surface area contributed by atoms with Gasteiger partial charge in [-0.2, -0.15) is 0 Å². The molecule has 1 aliphatic rings. The third-order valence-corrected chi connectivity index (χ3v) is 10.2. The van der Waals surface area contributed by atoms with Gasteiger partial charge in [-0.25, -0.2) is 0 Å². The highest BCUT2D eigenvalue weighted by Gasteiger charge is 2.35. The molecule has 0 saturated carbocycles. The van der Waals surface area contributed by atoms with Gasteiger partial charge in [0.15, 0.2) is 0 Å². The van der Waals surface area contributed by atoms with Gasteiger partial charge in [0.1, 0.15) is 0 Å². The van der Waals surface area contributed by atoms with Crippen molar-refractivity contribution >= 4 is 38.6 Å². The second-order valence-corrected chi connectivity index (χ2v) is 13.4. The molecule has 1 heteroatoms. The monoisotopic (exact) mass is 613 g/mol. The van der Waals surface area contributed by atoms with Crippen LogP contribution in [0.25, 0.3) is 54.9 Å². The molecule has 9 rings (SSSR count). The minimum Gasteiger partial charge on any atom is -0.310 e. The summed E-state index contributed by atoms with van der Waals surface area (Å²) in [5, 5.41) is 5.15. The number of benzene rings is 8. The lowest BCUT2D eigenvalue weighted by Gasteiger charge is -2.26. The first-order valence-electron chi connectivity index (χ1n) is 16.8.